The van der Waals surface area contributed by atoms with Crippen LogP contribution >= 0.6 is 12.2 Å². The van der Waals surface area contributed by atoms with Crippen LogP contribution in [-0.2, 0) is 6.61 Å². The Labute approximate surface area is 178 Å². The molecule has 5 rings (SSSR count). The molecule has 0 unspecified atom stereocenters. The molecule has 5 nitrogen and oxygen atoms in total. The number of nitrogens with zero attached hydrogens (tertiary/aromatic N) is 3. The molecule has 5 aromatic rings. The van der Waals surface area contributed by atoms with Gasteiger partial charge in [0.1, 0.15) is 12.4 Å². The normalized spacial score (nSPS) is 11.5. The first-order valence-electron chi connectivity index (χ1n) is 9.58. The van der Waals surface area contributed by atoms with Crippen molar-refractivity contribution in [1.82, 2.24) is 14.9 Å². The van der Waals surface area contributed by atoms with Gasteiger partial charge in [-0.1, -0.05) is 66.7 Å². The topological polar surface area (TPSA) is 55.2 Å². The number of hydrogen-bond acceptors (Lipinski definition) is 4. The molecule has 0 saturated heterocycles. The van der Waals surface area contributed by atoms with Gasteiger partial charge in [-0.05, 0) is 52.0 Å². The lowest BCUT2D eigenvalue weighted by molar-refractivity contribution is 0.290. The molecule has 0 aliphatic rings. The van der Waals surface area contributed by atoms with Gasteiger partial charge in [-0.15, -0.1) is 0 Å². The fraction of sp³-hybridized carbons (Fsp3) is 0.0417. The highest BCUT2D eigenvalue weighted by molar-refractivity contribution is 7.71. The Kier molecular flexibility index (Phi) is 4.83. The molecule has 0 atom stereocenters. The maximum atomic E-state index is 5.82. The molecule has 0 fully saturated rings. The van der Waals surface area contributed by atoms with Crippen molar-refractivity contribution in [3.8, 4) is 5.75 Å². The largest absolute Gasteiger partial charge is 0.486 e. The number of rotatable bonds is 5. The van der Waals surface area contributed by atoms with Gasteiger partial charge in [-0.3, -0.25) is 0 Å². The van der Waals surface area contributed by atoms with Crippen LogP contribution in [-0.4, -0.2) is 21.1 Å². The standard InChI is InChI=1S/C24H18N4OS/c30-24-27-26-23(16-29-19-10-2-1-3-11-19)28(24)25-15-22-20-12-6-4-8-17(20)14-18-9-5-7-13-21(18)22/h1-15H,16H2,(H,27,30)/b25-15+. The van der Waals surface area contributed by atoms with Crippen LogP contribution in [0.25, 0.3) is 21.5 Å². The van der Waals surface area contributed by atoms with Crippen molar-refractivity contribution < 1.29 is 4.74 Å². The summed E-state index contributed by atoms with van der Waals surface area (Å²) >= 11 is 5.39. The number of aromatic nitrogens is 3. The number of fused-ring (bicyclic) bond motifs is 2. The van der Waals surface area contributed by atoms with Gasteiger partial charge in [-0.2, -0.15) is 14.9 Å². The molecule has 1 heterocycles. The average molecular weight is 411 g/mol. The molecule has 146 valence electrons. The highest BCUT2D eigenvalue weighted by atomic mass is 32.1. The zero-order valence-corrected chi connectivity index (χ0v) is 16.8. The van der Waals surface area contributed by atoms with Crippen LogP contribution in [0.2, 0.25) is 0 Å². The maximum Gasteiger partial charge on any atom is 0.216 e. The summed E-state index contributed by atoms with van der Waals surface area (Å²) in [4.78, 5) is 0. The minimum absolute atomic E-state index is 0.255. The Morgan fingerprint density at radius 2 is 1.53 bits per heavy atom. The molecule has 1 N–H and O–H groups in total. The Morgan fingerprint density at radius 3 is 2.23 bits per heavy atom. The number of benzene rings is 4. The molecule has 0 amide bonds. The zero-order valence-electron chi connectivity index (χ0n) is 16.0. The SMILES string of the molecule is S=c1[nH]nc(COc2ccccc2)n1/N=C/c1c2ccccc2cc2ccccc12. The fourth-order valence-corrected chi connectivity index (χ4v) is 3.70. The number of hydrogen-bond donors (Lipinski definition) is 1. The third-order valence-corrected chi connectivity index (χ3v) is 5.21. The number of aromatic amines is 1. The van der Waals surface area contributed by atoms with Crippen molar-refractivity contribution in [2.45, 2.75) is 6.61 Å². The zero-order chi connectivity index (χ0) is 20.3. The van der Waals surface area contributed by atoms with Crippen LogP contribution in [0, 0.1) is 4.77 Å². The first kappa shape index (κ1) is 18.3. The monoisotopic (exact) mass is 410 g/mol. The van der Waals surface area contributed by atoms with E-state index in [0.717, 1.165) is 22.1 Å². The van der Waals surface area contributed by atoms with Crippen molar-refractivity contribution in [1.29, 1.82) is 0 Å². The second-order valence-corrected chi connectivity index (χ2v) is 7.22. The van der Waals surface area contributed by atoms with E-state index in [0.29, 0.717) is 10.6 Å². The summed E-state index contributed by atoms with van der Waals surface area (Å²) < 4.78 is 7.84. The van der Waals surface area contributed by atoms with Crippen molar-refractivity contribution >= 4 is 40.0 Å². The summed E-state index contributed by atoms with van der Waals surface area (Å²) in [7, 11) is 0. The highest BCUT2D eigenvalue weighted by Gasteiger charge is 2.08. The fourth-order valence-electron chi connectivity index (χ4n) is 3.50. The van der Waals surface area contributed by atoms with E-state index >= 15 is 0 Å². The number of ether oxygens (including phenoxy) is 1. The molecule has 0 radical (unpaired) electrons. The van der Waals surface area contributed by atoms with E-state index in [9.17, 15) is 0 Å². The van der Waals surface area contributed by atoms with E-state index in [4.69, 9.17) is 17.0 Å². The lowest BCUT2D eigenvalue weighted by Crippen LogP contribution is -2.04. The second-order valence-electron chi connectivity index (χ2n) is 6.84. The summed E-state index contributed by atoms with van der Waals surface area (Å²) in [5.74, 6) is 1.37. The lowest BCUT2D eigenvalue weighted by atomic mass is 9.97. The second kappa shape index (κ2) is 7.93. The number of H-pyrrole nitrogens is 1. The van der Waals surface area contributed by atoms with E-state index in [1.54, 1.807) is 4.68 Å². The molecular weight excluding hydrogens is 392 g/mol. The van der Waals surface area contributed by atoms with Gasteiger partial charge in [0.05, 0.1) is 6.21 Å². The smallest absolute Gasteiger partial charge is 0.216 e. The number of nitrogens with one attached hydrogen (secondary N) is 1. The van der Waals surface area contributed by atoms with E-state index in [1.807, 2.05) is 60.8 Å². The molecule has 0 aliphatic carbocycles. The van der Waals surface area contributed by atoms with E-state index in [2.05, 4.69) is 45.6 Å². The van der Waals surface area contributed by atoms with Crippen LogP contribution in [0.15, 0.2) is 90.0 Å². The summed E-state index contributed by atoms with van der Waals surface area (Å²) in [6.07, 6.45) is 1.85. The third-order valence-electron chi connectivity index (χ3n) is 4.94. The van der Waals surface area contributed by atoms with Gasteiger partial charge in [0, 0.05) is 5.56 Å². The van der Waals surface area contributed by atoms with Gasteiger partial charge >= 0.3 is 0 Å². The summed E-state index contributed by atoms with van der Waals surface area (Å²) in [6.45, 7) is 0.255. The molecule has 1 aromatic heterocycles. The first-order chi connectivity index (χ1) is 14.8. The minimum atomic E-state index is 0.255. The van der Waals surface area contributed by atoms with Crippen LogP contribution in [0.5, 0.6) is 5.75 Å². The maximum absolute atomic E-state index is 5.82. The molecule has 0 spiro atoms. The molecule has 0 aliphatic heterocycles. The quantitative estimate of drug-likeness (QED) is 0.229. The van der Waals surface area contributed by atoms with Gasteiger partial charge in [0.25, 0.3) is 0 Å². The van der Waals surface area contributed by atoms with E-state index < -0.39 is 0 Å². The number of para-hydroxylation sites is 1. The van der Waals surface area contributed by atoms with Crippen LogP contribution in [0.1, 0.15) is 11.4 Å². The van der Waals surface area contributed by atoms with E-state index in [-0.39, 0.29) is 6.61 Å². The summed E-state index contributed by atoms with van der Waals surface area (Å²) in [5.41, 5.74) is 1.04. The molecule has 6 heteroatoms. The lowest BCUT2D eigenvalue weighted by Gasteiger charge is -2.08. The molecular formula is C24H18N4OS. The van der Waals surface area contributed by atoms with E-state index in [1.165, 1.54) is 10.8 Å². The Hall–Kier alpha value is -3.77. The van der Waals surface area contributed by atoms with Crippen molar-refractivity contribution in [2.24, 2.45) is 5.10 Å². The molecule has 30 heavy (non-hydrogen) atoms. The predicted octanol–water partition coefficient (Wildman–Crippen LogP) is 5.71. The van der Waals surface area contributed by atoms with Gasteiger partial charge in [0.15, 0.2) is 5.82 Å². The molecule has 4 aromatic carbocycles. The van der Waals surface area contributed by atoms with Crippen LogP contribution in [0.3, 0.4) is 0 Å². The molecule has 0 saturated carbocycles. The van der Waals surface area contributed by atoms with Crippen LogP contribution < -0.4 is 4.74 Å². The van der Waals surface area contributed by atoms with Gasteiger partial charge < -0.3 is 4.74 Å². The van der Waals surface area contributed by atoms with Crippen molar-refractivity contribution in [3.05, 3.63) is 101 Å². The van der Waals surface area contributed by atoms with Crippen molar-refractivity contribution in [2.75, 3.05) is 0 Å². The Balaban J connectivity index is 1.55. The minimum Gasteiger partial charge on any atom is -0.486 e. The Morgan fingerprint density at radius 1 is 0.900 bits per heavy atom. The predicted molar refractivity (Wildman–Crippen MR) is 123 cm³/mol. The summed E-state index contributed by atoms with van der Waals surface area (Å²) in [6, 6.07) is 28.4. The van der Waals surface area contributed by atoms with Gasteiger partial charge in [0.2, 0.25) is 4.77 Å². The average Bonchev–Trinajstić information content (AvgIpc) is 3.15. The summed E-state index contributed by atoms with van der Waals surface area (Å²) in [5, 5.41) is 16.4. The van der Waals surface area contributed by atoms with Crippen LogP contribution in [0.4, 0.5) is 0 Å². The third kappa shape index (κ3) is 3.49. The van der Waals surface area contributed by atoms with Gasteiger partial charge in [-0.25, -0.2) is 5.10 Å². The first-order valence-corrected chi connectivity index (χ1v) is 9.99. The Bertz CT molecular complexity index is 1370. The molecule has 0 bridgehead atoms. The highest BCUT2D eigenvalue weighted by Crippen LogP contribution is 2.27. The van der Waals surface area contributed by atoms with Crippen molar-refractivity contribution in [3.63, 3.8) is 0 Å².